The van der Waals surface area contributed by atoms with Gasteiger partial charge >= 0.3 is 20.1 Å². The third-order valence-corrected chi connectivity index (χ3v) is 7.92. The molecule has 3 aromatic carbocycles. The van der Waals surface area contributed by atoms with Crippen LogP contribution in [-0.4, -0.2) is 15.0 Å². The minimum atomic E-state index is -0.486. The second kappa shape index (κ2) is 13.1. The van der Waals surface area contributed by atoms with Gasteiger partial charge in [-0.15, -0.1) is 46.5 Å². The van der Waals surface area contributed by atoms with E-state index in [-0.39, 0.29) is 20.1 Å². The summed E-state index contributed by atoms with van der Waals surface area (Å²) in [5.41, 5.74) is 7.77. The molecule has 0 N–H and O–H groups in total. The van der Waals surface area contributed by atoms with Crippen LogP contribution in [0.25, 0.3) is 4.85 Å². The van der Waals surface area contributed by atoms with Crippen LogP contribution in [0.1, 0.15) is 79.3 Å². The summed E-state index contributed by atoms with van der Waals surface area (Å²) in [6, 6.07) is 43.6. The largest absolute Gasteiger partial charge is 3.00 e. The molecule has 0 radical (unpaired) electrons. The van der Waals surface area contributed by atoms with Crippen molar-refractivity contribution in [1.29, 1.82) is 10.5 Å². The zero-order valence-corrected chi connectivity index (χ0v) is 26.5. The van der Waals surface area contributed by atoms with Gasteiger partial charge < -0.3 is 0 Å². The number of rotatable bonds is 3. The van der Waals surface area contributed by atoms with E-state index in [0.29, 0.717) is 50.2 Å². The number of hydrogen-bond donors (Lipinski definition) is 0. The summed E-state index contributed by atoms with van der Waals surface area (Å²) in [6.45, 7) is 8.00. The molecule has 7 heteroatoms. The topological polar surface area (TPSA) is 90.6 Å². The van der Waals surface area contributed by atoms with E-state index in [2.05, 4.69) is 35.2 Å². The molecule has 216 valence electrons. The van der Waals surface area contributed by atoms with Gasteiger partial charge in [0.25, 0.3) is 0 Å². The number of benzene rings is 3. The zero-order chi connectivity index (χ0) is 30.8. The maximum Gasteiger partial charge on any atom is 3.00 e. The Hall–Kier alpha value is -5.77. The second-order valence-corrected chi connectivity index (χ2v) is 10.7. The van der Waals surface area contributed by atoms with Gasteiger partial charge in [-0.25, -0.2) is 0 Å². The Bertz CT molecular complexity index is 1850. The molecule has 7 rings (SSSR count). The van der Waals surface area contributed by atoms with Crippen LogP contribution < -0.4 is 0 Å². The predicted octanol–water partition coefficient (Wildman–Crippen LogP) is 7.42. The zero-order valence-electron chi connectivity index (χ0n) is 24.1. The first kappa shape index (κ1) is 30.3. The Morgan fingerprint density at radius 2 is 0.870 bits per heavy atom. The van der Waals surface area contributed by atoms with Gasteiger partial charge in [-0.1, -0.05) is 29.3 Å². The fourth-order valence-electron chi connectivity index (χ4n) is 6.06. The van der Waals surface area contributed by atoms with Crippen LogP contribution in [-0.2, 0) is 20.1 Å². The normalized spacial score (nSPS) is 16.2. The van der Waals surface area contributed by atoms with Crippen LogP contribution in [0.2, 0.25) is 0 Å². The van der Waals surface area contributed by atoms with Crippen LogP contribution in [0.15, 0.2) is 110 Å². The SMILES string of the molecule is [C-]#[N+]c1cc2[c-]c(c1)C(c1ccccn1)c1[c-]c(cc(C#N)c1)C(c1ccccn1)c1[c-]c(cc(C#N)c1)C2c1ccccn1.[Ir+3]. The standard InChI is InChI=1S/C39H21N6.Ir/c1-42-33-21-31-20-32(22-33)39(36-10-4-7-13-45-36)30-17-26(24-41)15-28(19-30)37(34-8-2-5-11-43-34)27-14-25(23-40)16-29(18-27)38(31)35-9-3-6-12-44-35;/h2-17,21-22,37-39H;/q-3;+3. The van der Waals surface area contributed by atoms with Crippen molar-refractivity contribution in [2.45, 2.75) is 17.8 Å². The van der Waals surface area contributed by atoms with E-state index in [0.717, 1.165) is 17.1 Å². The van der Waals surface area contributed by atoms with Crippen LogP contribution >= 0.6 is 0 Å². The maximum atomic E-state index is 10.2. The molecule has 3 aromatic heterocycles. The number of nitriles is 2. The van der Waals surface area contributed by atoms with Gasteiger partial charge in [0.15, 0.2) is 0 Å². The summed E-state index contributed by atoms with van der Waals surface area (Å²) in [6.07, 6.45) is 5.20. The van der Waals surface area contributed by atoms with E-state index >= 15 is 0 Å². The van der Waals surface area contributed by atoms with Crippen molar-refractivity contribution >= 4 is 5.69 Å². The Kier molecular flexibility index (Phi) is 8.60. The molecule has 6 nitrogen and oxygen atoms in total. The summed E-state index contributed by atoms with van der Waals surface area (Å²) in [5.74, 6) is -1.45. The Morgan fingerprint density at radius 1 is 0.543 bits per heavy atom. The number of fused-ring (bicyclic) bond motifs is 6. The third-order valence-electron chi connectivity index (χ3n) is 7.92. The average molecular weight is 766 g/mol. The number of hydrogen-bond acceptors (Lipinski definition) is 5. The molecule has 46 heavy (non-hydrogen) atoms. The van der Waals surface area contributed by atoms with Crippen LogP contribution in [0, 0.1) is 47.4 Å². The predicted molar refractivity (Wildman–Crippen MR) is 167 cm³/mol. The van der Waals surface area contributed by atoms with Gasteiger partial charge in [0.05, 0.1) is 24.4 Å². The van der Waals surface area contributed by atoms with Gasteiger partial charge in [0.2, 0.25) is 0 Å². The molecule has 0 fully saturated rings. The first-order valence-corrected chi connectivity index (χ1v) is 14.3. The first-order chi connectivity index (χ1) is 22.1. The van der Waals surface area contributed by atoms with Crippen molar-refractivity contribution in [3.8, 4) is 12.1 Å². The van der Waals surface area contributed by atoms with Gasteiger partial charge in [-0.3, -0.25) is 19.8 Å². The van der Waals surface area contributed by atoms with E-state index in [4.69, 9.17) is 21.5 Å². The fraction of sp³-hybridized carbons (Fsp3) is 0.0769. The molecule has 6 aromatic rings. The fourth-order valence-corrected chi connectivity index (χ4v) is 6.06. The minimum Gasteiger partial charge on any atom is -0.265 e. The molecule has 1 aliphatic rings. The average Bonchev–Trinajstić information content (AvgIpc) is 3.09. The number of pyridine rings is 3. The van der Waals surface area contributed by atoms with Crippen molar-refractivity contribution in [3.05, 3.63) is 201 Å². The summed E-state index contributed by atoms with van der Waals surface area (Å²) in [4.78, 5) is 18.0. The molecule has 0 amide bonds. The van der Waals surface area contributed by atoms with Gasteiger partial charge in [-0.05, 0) is 36.4 Å². The van der Waals surface area contributed by atoms with Gasteiger partial charge in [-0.2, -0.15) is 52.0 Å². The van der Waals surface area contributed by atoms with E-state index in [9.17, 15) is 10.5 Å². The number of nitrogens with zero attached hydrogens (tertiary/aromatic N) is 6. The Labute approximate surface area is 280 Å². The molecular formula is C39H21IrN6. The monoisotopic (exact) mass is 766 g/mol. The minimum absolute atomic E-state index is 0. The molecule has 3 heterocycles. The maximum absolute atomic E-state index is 10.2. The van der Waals surface area contributed by atoms with Crippen molar-refractivity contribution in [2.24, 2.45) is 0 Å². The molecule has 2 unspecified atom stereocenters. The van der Waals surface area contributed by atoms with E-state index in [1.807, 2.05) is 91.0 Å². The first-order valence-electron chi connectivity index (χ1n) is 14.3. The van der Waals surface area contributed by atoms with Crippen LogP contribution in [0.4, 0.5) is 5.69 Å². The molecular weight excluding hydrogens is 745 g/mol. The summed E-state index contributed by atoms with van der Waals surface area (Å²) in [5, 5.41) is 20.4. The molecule has 0 saturated heterocycles. The quantitative estimate of drug-likeness (QED) is 0.175. The molecule has 0 saturated carbocycles. The molecule has 0 aliphatic heterocycles. The molecule has 6 bridgehead atoms. The van der Waals surface area contributed by atoms with Crippen molar-refractivity contribution in [2.75, 3.05) is 0 Å². The van der Waals surface area contributed by atoms with E-state index < -0.39 is 17.8 Å². The number of aromatic nitrogens is 3. The second-order valence-electron chi connectivity index (χ2n) is 10.7. The Balaban J connectivity index is 0.00000372. The molecule has 2 atom stereocenters. The van der Waals surface area contributed by atoms with Crippen molar-refractivity contribution in [3.63, 3.8) is 0 Å². The summed E-state index contributed by atoms with van der Waals surface area (Å²) in [7, 11) is 0. The van der Waals surface area contributed by atoms with Crippen molar-refractivity contribution < 1.29 is 20.1 Å². The summed E-state index contributed by atoms with van der Waals surface area (Å²) < 4.78 is 0. The third kappa shape index (κ3) is 5.72. The van der Waals surface area contributed by atoms with Gasteiger partial charge in [0, 0.05) is 53.4 Å². The van der Waals surface area contributed by atoms with Gasteiger partial charge in [0.1, 0.15) is 0 Å². The Morgan fingerprint density at radius 3 is 1.13 bits per heavy atom. The molecule has 0 spiro atoms. The van der Waals surface area contributed by atoms with E-state index in [1.54, 1.807) is 18.6 Å². The van der Waals surface area contributed by atoms with Crippen LogP contribution in [0.5, 0.6) is 0 Å². The summed E-state index contributed by atoms with van der Waals surface area (Å²) >= 11 is 0. The molecule has 1 aliphatic carbocycles. The van der Waals surface area contributed by atoms with E-state index in [1.165, 1.54) is 0 Å². The van der Waals surface area contributed by atoms with Crippen molar-refractivity contribution in [1.82, 2.24) is 15.0 Å². The van der Waals surface area contributed by atoms with Crippen LogP contribution in [0.3, 0.4) is 0 Å². The smallest absolute Gasteiger partial charge is 0.265 e.